The van der Waals surface area contributed by atoms with Crippen molar-refractivity contribution < 1.29 is 4.74 Å². The molecule has 0 spiro atoms. The lowest BCUT2D eigenvalue weighted by molar-refractivity contribution is 0.0484. The van der Waals surface area contributed by atoms with Crippen LogP contribution in [0, 0.1) is 13.8 Å². The normalized spacial score (nSPS) is 20.1. The topological polar surface area (TPSA) is 88.9 Å². The molecular weight excluding hydrogens is 428 g/mol. The van der Waals surface area contributed by atoms with Crippen LogP contribution in [-0.2, 0) is 11.3 Å². The Kier molecular flexibility index (Phi) is 6.79. The Labute approximate surface area is 200 Å². The summed E-state index contributed by atoms with van der Waals surface area (Å²) in [6.07, 6.45) is 7.89. The molecule has 8 heteroatoms. The van der Waals surface area contributed by atoms with Crippen molar-refractivity contribution in [3.8, 4) is 0 Å². The van der Waals surface area contributed by atoms with Gasteiger partial charge in [-0.15, -0.1) is 5.10 Å². The maximum atomic E-state index is 13.1. The van der Waals surface area contributed by atoms with Crippen molar-refractivity contribution in [2.45, 2.75) is 90.4 Å². The molecule has 1 saturated heterocycles. The van der Waals surface area contributed by atoms with Gasteiger partial charge in [0.05, 0.1) is 18.2 Å². The number of rotatable bonds is 8. The highest BCUT2D eigenvalue weighted by Gasteiger charge is 2.31. The van der Waals surface area contributed by atoms with E-state index < -0.39 is 0 Å². The van der Waals surface area contributed by atoms with E-state index in [9.17, 15) is 4.79 Å². The minimum atomic E-state index is -0.0277. The number of fused-ring (bicyclic) bond motifs is 1. The first-order valence-corrected chi connectivity index (χ1v) is 12.8. The summed E-state index contributed by atoms with van der Waals surface area (Å²) < 4.78 is 8.07. The van der Waals surface area contributed by atoms with Gasteiger partial charge in [0.2, 0.25) is 0 Å². The Bertz CT molecular complexity index is 1190. The number of nitrogens with zero attached hydrogens (tertiary/aromatic N) is 5. The first-order valence-electron chi connectivity index (χ1n) is 12.8. The van der Waals surface area contributed by atoms with Crippen LogP contribution in [0.1, 0.15) is 86.5 Å². The molecular formula is C26H36N6O2. The van der Waals surface area contributed by atoms with Gasteiger partial charge in [-0.1, -0.05) is 25.8 Å². The van der Waals surface area contributed by atoms with E-state index in [4.69, 9.17) is 4.74 Å². The van der Waals surface area contributed by atoms with Crippen molar-refractivity contribution in [3.63, 3.8) is 0 Å². The number of tetrazole rings is 1. The third kappa shape index (κ3) is 4.66. The standard InChI is InChI=1S/C26H36N6O2/c1-4-24(25-28-29-30-32(25)20-8-5-6-9-20)31(16-21-10-7-11-34-21)15-19-14-22-18(3)12-17(2)13-23(22)27-26(19)33/h12-14,20-21,24H,4-11,15-16H2,1-3H3,(H,27,33)/t21-,24-/m1/s1. The predicted octanol–water partition coefficient (Wildman–Crippen LogP) is 4.38. The summed E-state index contributed by atoms with van der Waals surface area (Å²) >= 11 is 0. The molecule has 5 rings (SSSR count). The van der Waals surface area contributed by atoms with Crippen LogP contribution in [0.4, 0.5) is 0 Å². The third-order valence-corrected chi connectivity index (χ3v) is 7.54. The predicted molar refractivity (Wildman–Crippen MR) is 132 cm³/mol. The molecule has 8 nitrogen and oxygen atoms in total. The van der Waals surface area contributed by atoms with Crippen molar-refractivity contribution in [2.24, 2.45) is 0 Å². The summed E-state index contributed by atoms with van der Waals surface area (Å²) in [7, 11) is 0. The zero-order valence-electron chi connectivity index (χ0n) is 20.6. The number of aromatic nitrogens is 5. The third-order valence-electron chi connectivity index (χ3n) is 7.54. The van der Waals surface area contributed by atoms with Gasteiger partial charge in [-0.05, 0) is 79.6 Å². The summed E-state index contributed by atoms with van der Waals surface area (Å²) in [6.45, 7) is 8.45. The van der Waals surface area contributed by atoms with Crippen molar-refractivity contribution in [3.05, 3.63) is 51.1 Å². The molecule has 1 N–H and O–H groups in total. The fourth-order valence-corrected chi connectivity index (χ4v) is 5.84. The van der Waals surface area contributed by atoms with Gasteiger partial charge in [0.15, 0.2) is 5.82 Å². The Balaban J connectivity index is 1.50. The molecule has 2 atom stereocenters. The van der Waals surface area contributed by atoms with Gasteiger partial charge >= 0.3 is 0 Å². The van der Waals surface area contributed by atoms with Crippen molar-refractivity contribution in [1.29, 1.82) is 0 Å². The number of aromatic amines is 1. The van der Waals surface area contributed by atoms with Gasteiger partial charge in [0.1, 0.15) is 0 Å². The van der Waals surface area contributed by atoms with E-state index >= 15 is 0 Å². The summed E-state index contributed by atoms with van der Waals surface area (Å²) in [5.74, 6) is 0.913. The lowest BCUT2D eigenvalue weighted by Gasteiger charge is -2.32. The highest BCUT2D eigenvalue weighted by Crippen LogP contribution is 2.33. The molecule has 34 heavy (non-hydrogen) atoms. The molecule has 1 aromatic carbocycles. The fourth-order valence-electron chi connectivity index (χ4n) is 5.84. The van der Waals surface area contributed by atoms with E-state index in [2.05, 4.69) is 63.0 Å². The molecule has 3 aromatic rings. The van der Waals surface area contributed by atoms with Crippen LogP contribution < -0.4 is 5.56 Å². The molecule has 0 bridgehead atoms. The number of ether oxygens (including phenoxy) is 1. The first kappa shape index (κ1) is 23.2. The minimum absolute atomic E-state index is 0.0222. The number of nitrogens with one attached hydrogen (secondary N) is 1. The number of H-pyrrole nitrogens is 1. The van der Waals surface area contributed by atoms with Gasteiger partial charge in [0.25, 0.3) is 5.56 Å². The number of hydrogen-bond acceptors (Lipinski definition) is 6. The highest BCUT2D eigenvalue weighted by molar-refractivity contribution is 5.83. The Morgan fingerprint density at radius 3 is 2.74 bits per heavy atom. The van der Waals surface area contributed by atoms with Gasteiger partial charge in [-0.3, -0.25) is 9.69 Å². The maximum Gasteiger partial charge on any atom is 0.252 e. The SMILES string of the molecule is CC[C@H](c1nnnn1C1CCCC1)N(Cc1cc2c(C)cc(C)cc2[nH]c1=O)C[C@H]1CCCO1. The van der Waals surface area contributed by atoms with E-state index in [0.29, 0.717) is 12.6 Å². The molecule has 0 radical (unpaired) electrons. The molecule has 1 saturated carbocycles. The first-order chi connectivity index (χ1) is 16.5. The monoisotopic (exact) mass is 464 g/mol. The van der Waals surface area contributed by atoms with E-state index in [0.717, 1.165) is 73.1 Å². The second kappa shape index (κ2) is 9.96. The van der Waals surface area contributed by atoms with Crippen LogP contribution in [0.25, 0.3) is 10.9 Å². The Morgan fingerprint density at radius 1 is 1.18 bits per heavy atom. The molecule has 0 unspecified atom stereocenters. The number of benzene rings is 1. The molecule has 1 aliphatic carbocycles. The molecule has 1 aliphatic heterocycles. The van der Waals surface area contributed by atoms with Crippen LogP contribution in [-0.4, -0.2) is 49.3 Å². The summed E-state index contributed by atoms with van der Waals surface area (Å²) in [6, 6.07) is 6.67. The van der Waals surface area contributed by atoms with Gasteiger partial charge < -0.3 is 9.72 Å². The molecule has 2 fully saturated rings. The number of pyridine rings is 1. The quantitative estimate of drug-likeness (QED) is 0.532. The smallest absolute Gasteiger partial charge is 0.252 e. The molecule has 2 aliphatic rings. The average Bonchev–Trinajstić information content (AvgIpc) is 3.58. The lowest BCUT2D eigenvalue weighted by atomic mass is 10.0. The van der Waals surface area contributed by atoms with Crippen LogP contribution in [0.15, 0.2) is 23.0 Å². The van der Waals surface area contributed by atoms with Crippen molar-refractivity contribution >= 4 is 10.9 Å². The Hall–Kier alpha value is -2.58. The average molecular weight is 465 g/mol. The second-order valence-electron chi connectivity index (χ2n) is 10.1. The number of aryl methyl sites for hydroxylation is 2. The zero-order valence-corrected chi connectivity index (χ0v) is 20.6. The van der Waals surface area contributed by atoms with Gasteiger partial charge in [0, 0.05) is 36.2 Å². The lowest BCUT2D eigenvalue weighted by Crippen LogP contribution is -2.38. The highest BCUT2D eigenvalue weighted by atomic mass is 16.5. The Morgan fingerprint density at radius 2 is 2.00 bits per heavy atom. The summed E-state index contributed by atoms with van der Waals surface area (Å²) in [4.78, 5) is 18.6. The van der Waals surface area contributed by atoms with Crippen LogP contribution in [0.2, 0.25) is 0 Å². The summed E-state index contributed by atoms with van der Waals surface area (Å²) in [5, 5.41) is 14.1. The van der Waals surface area contributed by atoms with Crippen molar-refractivity contribution in [2.75, 3.05) is 13.2 Å². The van der Waals surface area contributed by atoms with E-state index in [1.165, 1.54) is 18.4 Å². The van der Waals surface area contributed by atoms with E-state index in [-0.39, 0.29) is 17.7 Å². The minimum Gasteiger partial charge on any atom is -0.377 e. The van der Waals surface area contributed by atoms with Crippen LogP contribution in [0.3, 0.4) is 0 Å². The molecule has 182 valence electrons. The largest absolute Gasteiger partial charge is 0.377 e. The van der Waals surface area contributed by atoms with Crippen LogP contribution in [0.5, 0.6) is 0 Å². The van der Waals surface area contributed by atoms with E-state index in [1.807, 2.05) is 6.07 Å². The summed E-state index contributed by atoms with van der Waals surface area (Å²) in [5.41, 5.74) is 3.97. The zero-order chi connectivity index (χ0) is 23.7. The molecule has 3 heterocycles. The second-order valence-corrected chi connectivity index (χ2v) is 10.1. The fraction of sp³-hybridized carbons (Fsp3) is 0.615. The molecule has 2 aromatic heterocycles. The van der Waals surface area contributed by atoms with Crippen molar-refractivity contribution in [1.82, 2.24) is 30.1 Å². The van der Waals surface area contributed by atoms with Crippen LogP contribution >= 0.6 is 0 Å². The molecule has 0 amide bonds. The van der Waals surface area contributed by atoms with Gasteiger partial charge in [-0.25, -0.2) is 4.68 Å². The number of hydrogen-bond donors (Lipinski definition) is 1. The maximum absolute atomic E-state index is 13.1. The van der Waals surface area contributed by atoms with Gasteiger partial charge in [-0.2, -0.15) is 0 Å². The van der Waals surface area contributed by atoms with E-state index in [1.54, 1.807) is 0 Å².